The van der Waals surface area contributed by atoms with E-state index in [1.165, 1.54) is 11.2 Å². The van der Waals surface area contributed by atoms with E-state index in [-0.39, 0.29) is 22.4 Å². The van der Waals surface area contributed by atoms with E-state index in [1.807, 2.05) is 0 Å². The van der Waals surface area contributed by atoms with E-state index in [0.29, 0.717) is 10.7 Å². The number of rotatable bonds is 1. The molecule has 0 fully saturated rings. The summed E-state index contributed by atoms with van der Waals surface area (Å²) in [5.74, 6) is -0.143. The van der Waals surface area contributed by atoms with Crippen molar-refractivity contribution in [3.05, 3.63) is 27.2 Å². The first-order valence-electron chi connectivity index (χ1n) is 4.10. The molecule has 1 heterocycles. The van der Waals surface area contributed by atoms with Gasteiger partial charge >= 0.3 is 0 Å². The molecule has 0 N–H and O–H groups in total. The SMILES string of the molecule is O=C1CC=NN1c1ccc(Cl)c(Cl)c1Cl. The molecule has 0 saturated carbocycles. The average Bonchev–Trinajstić information content (AvgIpc) is 2.62. The fourth-order valence-electron chi connectivity index (χ4n) is 1.23. The van der Waals surface area contributed by atoms with Crippen molar-refractivity contribution >= 4 is 52.6 Å². The third kappa shape index (κ3) is 1.83. The largest absolute Gasteiger partial charge is 0.272 e. The molecule has 0 saturated heterocycles. The van der Waals surface area contributed by atoms with Crippen molar-refractivity contribution in [1.29, 1.82) is 0 Å². The van der Waals surface area contributed by atoms with Crippen molar-refractivity contribution in [3.63, 3.8) is 0 Å². The summed E-state index contributed by atoms with van der Waals surface area (Å²) >= 11 is 17.6. The molecule has 1 aromatic rings. The molecule has 1 aliphatic heterocycles. The van der Waals surface area contributed by atoms with Crippen LogP contribution in [0.15, 0.2) is 17.2 Å². The van der Waals surface area contributed by atoms with E-state index in [9.17, 15) is 4.79 Å². The molecule has 0 radical (unpaired) electrons. The molecule has 15 heavy (non-hydrogen) atoms. The van der Waals surface area contributed by atoms with Crippen LogP contribution in [0.1, 0.15) is 6.42 Å². The first kappa shape index (κ1) is 10.7. The molecular weight excluding hydrogens is 258 g/mol. The third-order valence-electron chi connectivity index (χ3n) is 1.94. The number of amides is 1. The summed E-state index contributed by atoms with van der Waals surface area (Å²) < 4.78 is 0. The highest BCUT2D eigenvalue weighted by Gasteiger charge is 2.22. The summed E-state index contributed by atoms with van der Waals surface area (Å²) in [5.41, 5.74) is 0.449. The number of carbonyl (C=O) groups is 1. The van der Waals surface area contributed by atoms with Gasteiger partial charge in [-0.2, -0.15) is 10.1 Å². The maximum Gasteiger partial charge on any atom is 0.252 e. The highest BCUT2D eigenvalue weighted by Crippen LogP contribution is 2.38. The Kier molecular flexibility index (Phi) is 2.87. The number of hydrogen-bond acceptors (Lipinski definition) is 2. The van der Waals surface area contributed by atoms with Gasteiger partial charge < -0.3 is 0 Å². The van der Waals surface area contributed by atoms with Crippen LogP contribution in [0.2, 0.25) is 15.1 Å². The molecule has 1 aromatic carbocycles. The maximum atomic E-state index is 11.4. The third-order valence-corrected chi connectivity index (χ3v) is 3.23. The lowest BCUT2D eigenvalue weighted by Crippen LogP contribution is -2.19. The smallest absolute Gasteiger partial charge is 0.252 e. The normalized spacial score (nSPS) is 15.1. The van der Waals surface area contributed by atoms with E-state index < -0.39 is 0 Å². The number of hydrazone groups is 1. The van der Waals surface area contributed by atoms with Crippen molar-refractivity contribution in [2.24, 2.45) is 5.10 Å². The van der Waals surface area contributed by atoms with Crippen molar-refractivity contribution in [3.8, 4) is 0 Å². The molecule has 6 heteroatoms. The molecule has 78 valence electrons. The molecule has 2 rings (SSSR count). The molecule has 0 aromatic heterocycles. The summed E-state index contributed by atoms with van der Waals surface area (Å²) in [4.78, 5) is 11.4. The Bertz CT molecular complexity index is 459. The predicted molar refractivity (Wildman–Crippen MR) is 62.1 cm³/mol. The number of anilines is 1. The minimum Gasteiger partial charge on any atom is -0.272 e. The average molecular weight is 264 g/mol. The summed E-state index contributed by atoms with van der Waals surface area (Å²) in [7, 11) is 0. The summed E-state index contributed by atoms with van der Waals surface area (Å²) in [6, 6.07) is 3.18. The van der Waals surface area contributed by atoms with Crippen molar-refractivity contribution in [1.82, 2.24) is 0 Å². The van der Waals surface area contributed by atoms with Gasteiger partial charge in [0.25, 0.3) is 5.91 Å². The standard InChI is InChI=1S/C9H5Cl3N2O/c10-5-1-2-6(9(12)8(5)11)14-7(15)3-4-13-14/h1-2,4H,3H2. The first-order chi connectivity index (χ1) is 7.11. The Morgan fingerprint density at radius 2 is 1.93 bits per heavy atom. The van der Waals surface area contributed by atoms with Crippen LogP contribution in [-0.4, -0.2) is 12.1 Å². The van der Waals surface area contributed by atoms with E-state index in [4.69, 9.17) is 34.8 Å². The molecule has 1 aliphatic rings. The quantitative estimate of drug-likeness (QED) is 0.715. The Labute approximate surface area is 101 Å². The van der Waals surface area contributed by atoms with Crippen LogP contribution in [0, 0.1) is 0 Å². The summed E-state index contributed by atoms with van der Waals surface area (Å²) in [5, 5.41) is 5.91. The molecule has 0 bridgehead atoms. The van der Waals surface area contributed by atoms with Crippen LogP contribution in [0.5, 0.6) is 0 Å². The van der Waals surface area contributed by atoms with Crippen molar-refractivity contribution in [2.75, 3.05) is 5.01 Å². The van der Waals surface area contributed by atoms with Gasteiger partial charge in [-0.05, 0) is 12.1 Å². The molecule has 0 spiro atoms. The molecule has 1 amide bonds. The number of nitrogens with zero attached hydrogens (tertiary/aromatic N) is 2. The van der Waals surface area contributed by atoms with Gasteiger partial charge in [0, 0.05) is 6.21 Å². The van der Waals surface area contributed by atoms with Crippen molar-refractivity contribution in [2.45, 2.75) is 6.42 Å². The van der Waals surface area contributed by atoms with Gasteiger partial charge in [-0.25, -0.2) is 0 Å². The van der Waals surface area contributed by atoms with Crippen LogP contribution in [-0.2, 0) is 4.79 Å². The number of hydrogen-bond donors (Lipinski definition) is 0. The van der Waals surface area contributed by atoms with Gasteiger partial charge in [0.2, 0.25) is 0 Å². The van der Waals surface area contributed by atoms with Gasteiger partial charge in [-0.15, -0.1) is 0 Å². The first-order valence-corrected chi connectivity index (χ1v) is 5.23. The second-order valence-corrected chi connectivity index (χ2v) is 4.07. The lowest BCUT2D eigenvalue weighted by Gasteiger charge is -2.14. The Hall–Kier alpha value is -0.770. The fraction of sp³-hybridized carbons (Fsp3) is 0.111. The Morgan fingerprint density at radius 3 is 2.53 bits per heavy atom. The maximum absolute atomic E-state index is 11.4. The molecule has 0 atom stereocenters. The number of carbonyl (C=O) groups excluding carboxylic acids is 1. The zero-order chi connectivity index (χ0) is 11.0. The number of benzene rings is 1. The van der Waals surface area contributed by atoms with E-state index in [0.717, 1.165) is 0 Å². The second-order valence-electron chi connectivity index (χ2n) is 2.90. The van der Waals surface area contributed by atoms with Gasteiger partial charge in [0.05, 0.1) is 27.2 Å². The summed E-state index contributed by atoms with van der Waals surface area (Å²) in [6.45, 7) is 0. The predicted octanol–water partition coefficient (Wildman–Crippen LogP) is 3.37. The topological polar surface area (TPSA) is 32.7 Å². The molecule has 0 aliphatic carbocycles. The van der Waals surface area contributed by atoms with Gasteiger partial charge in [-0.3, -0.25) is 4.79 Å². The lowest BCUT2D eigenvalue weighted by atomic mass is 10.3. The zero-order valence-electron chi connectivity index (χ0n) is 7.38. The lowest BCUT2D eigenvalue weighted by molar-refractivity contribution is -0.116. The minimum atomic E-state index is -0.143. The minimum absolute atomic E-state index is 0.143. The molecule has 3 nitrogen and oxygen atoms in total. The molecular formula is C9H5Cl3N2O. The van der Waals surface area contributed by atoms with Crippen molar-refractivity contribution < 1.29 is 4.79 Å². The zero-order valence-corrected chi connectivity index (χ0v) is 9.64. The van der Waals surface area contributed by atoms with Crippen LogP contribution >= 0.6 is 34.8 Å². The summed E-state index contributed by atoms with van der Waals surface area (Å²) in [6.07, 6.45) is 1.79. The van der Waals surface area contributed by atoms with E-state index in [1.54, 1.807) is 12.1 Å². The van der Waals surface area contributed by atoms with E-state index >= 15 is 0 Å². The van der Waals surface area contributed by atoms with Gasteiger partial charge in [0.1, 0.15) is 0 Å². The Morgan fingerprint density at radius 1 is 1.20 bits per heavy atom. The second kappa shape index (κ2) is 4.00. The van der Waals surface area contributed by atoms with Crippen LogP contribution in [0.4, 0.5) is 5.69 Å². The van der Waals surface area contributed by atoms with Gasteiger partial charge in [-0.1, -0.05) is 34.8 Å². The van der Waals surface area contributed by atoms with Crippen LogP contribution < -0.4 is 5.01 Å². The van der Waals surface area contributed by atoms with Gasteiger partial charge in [0.15, 0.2) is 0 Å². The Balaban J connectivity index is 2.49. The van der Waals surface area contributed by atoms with E-state index in [2.05, 4.69) is 5.10 Å². The molecule has 0 unspecified atom stereocenters. The van der Waals surface area contributed by atoms with Crippen LogP contribution in [0.25, 0.3) is 0 Å². The number of halogens is 3. The monoisotopic (exact) mass is 262 g/mol. The highest BCUT2D eigenvalue weighted by atomic mass is 35.5. The highest BCUT2D eigenvalue weighted by molar-refractivity contribution is 6.49. The van der Waals surface area contributed by atoms with Crippen LogP contribution in [0.3, 0.4) is 0 Å². The fourth-order valence-corrected chi connectivity index (χ4v) is 1.84.